The summed E-state index contributed by atoms with van der Waals surface area (Å²) >= 11 is 0. The average Bonchev–Trinajstić information content (AvgIpc) is 3.31. The molecule has 2 aromatic carbocycles. The minimum Gasteiger partial charge on any atom is -0.465 e. The maximum atomic E-state index is 5.60. The number of benzene rings is 2. The molecule has 2 aliphatic heterocycles. The van der Waals surface area contributed by atoms with Gasteiger partial charge in [0.15, 0.2) is 0 Å². The monoisotopic (exact) mass is 442 g/mol. The van der Waals surface area contributed by atoms with Crippen molar-refractivity contribution in [2.75, 3.05) is 0 Å². The molecule has 0 saturated heterocycles. The van der Waals surface area contributed by atoms with E-state index < -0.39 is 0 Å². The maximum absolute atomic E-state index is 5.60. The van der Waals surface area contributed by atoms with Gasteiger partial charge in [0.25, 0.3) is 0 Å². The summed E-state index contributed by atoms with van der Waals surface area (Å²) in [5.41, 5.74) is 5.40. The van der Waals surface area contributed by atoms with Crippen molar-refractivity contribution >= 4 is 17.1 Å². The second-order valence-corrected chi connectivity index (χ2v) is 7.68. The van der Waals surface area contributed by atoms with Crippen LogP contribution < -0.4 is 4.58 Å². The molecule has 1 aliphatic carbocycles. The normalized spacial score (nSPS) is 21.0. The zero-order valence-electron chi connectivity index (χ0n) is 18.6. The van der Waals surface area contributed by atoms with Gasteiger partial charge in [-0.05, 0) is 60.8 Å². The van der Waals surface area contributed by atoms with E-state index in [2.05, 4.69) is 77.4 Å². The van der Waals surface area contributed by atoms with E-state index in [-0.39, 0.29) is 0 Å². The molecule has 3 aliphatic rings. The van der Waals surface area contributed by atoms with E-state index in [1.165, 1.54) is 0 Å². The molecule has 5 rings (SSSR count). The van der Waals surface area contributed by atoms with Crippen molar-refractivity contribution in [3.63, 3.8) is 0 Å². The molecular formula is C31H24NO2+. The molecule has 0 fully saturated rings. The minimum absolute atomic E-state index is 0.792. The summed E-state index contributed by atoms with van der Waals surface area (Å²) in [7, 11) is 0. The fraction of sp³-hybridized carbons (Fsp3) is 0. The van der Waals surface area contributed by atoms with Gasteiger partial charge in [-0.2, -0.15) is 4.58 Å². The summed E-state index contributed by atoms with van der Waals surface area (Å²) in [6.07, 6.45) is 27.4. The molecule has 0 saturated carbocycles. The van der Waals surface area contributed by atoms with E-state index in [1.54, 1.807) is 12.5 Å². The molecular weight excluding hydrogens is 418 g/mol. The minimum atomic E-state index is 0.792. The third-order valence-electron chi connectivity index (χ3n) is 5.40. The predicted octanol–water partition coefficient (Wildman–Crippen LogP) is 7.35. The summed E-state index contributed by atoms with van der Waals surface area (Å²) in [5.74, 6) is 1.58. The van der Waals surface area contributed by atoms with Gasteiger partial charge in [-0.15, -0.1) is 0 Å². The van der Waals surface area contributed by atoms with Crippen LogP contribution in [0.15, 0.2) is 169 Å². The van der Waals surface area contributed by atoms with Crippen molar-refractivity contribution in [1.29, 1.82) is 0 Å². The number of rotatable bonds is 4. The lowest BCUT2D eigenvalue weighted by Crippen LogP contribution is -2.18. The van der Waals surface area contributed by atoms with Crippen LogP contribution >= 0.6 is 0 Å². The Morgan fingerprint density at radius 3 is 1.38 bits per heavy atom. The fourth-order valence-corrected chi connectivity index (χ4v) is 3.83. The highest BCUT2D eigenvalue weighted by Crippen LogP contribution is 2.29. The number of allylic oxidation sites excluding steroid dienone is 14. The van der Waals surface area contributed by atoms with E-state index >= 15 is 0 Å². The van der Waals surface area contributed by atoms with Gasteiger partial charge < -0.3 is 9.47 Å². The molecule has 0 aromatic heterocycles. The van der Waals surface area contributed by atoms with E-state index in [9.17, 15) is 0 Å². The van der Waals surface area contributed by atoms with E-state index in [1.807, 2.05) is 60.7 Å². The van der Waals surface area contributed by atoms with Gasteiger partial charge in [-0.25, -0.2) is 0 Å². The van der Waals surface area contributed by atoms with Gasteiger partial charge in [-0.3, -0.25) is 0 Å². The molecule has 2 heterocycles. The molecule has 0 spiro atoms. The Morgan fingerprint density at radius 1 is 0.500 bits per heavy atom. The Hall–Kier alpha value is -4.63. The first-order valence-corrected chi connectivity index (χ1v) is 11.2. The van der Waals surface area contributed by atoms with Crippen LogP contribution in [0.4, 0.5) is 11.4 Å². The van der Waals surface area contributed by atoms with Crippen LogP contribution in [0, 0.1) is 0 Å². The third kappa shape index (κ3) is 4.89. The number of nitrogens with zero attached hydrogens (tertiary/aromatic N) is 1. The van der Waals surface area contributed by atoms with Crippen LogP contribution in [-0.2, 0) is 9.47 Å². The van der Waals surface area contributed by atoms with E-state index in [0.717, 1.165) is 39.8 Å². The molecule has 34 heavy (non-hydrogen) atoms. The zero-order valence-corrected chi connectivity index (χ0v) is 18.6. The SMILES string of the molecule is C1=COC(=CC=C2C=C/C(=C\C=C3/C=CC=CO3)C2=[N+](c2ccccc2)c2ccccc2)C=C1. The van der Waals surface area contributed by atoms with Crippen LogP contribution in [-0.4, -0.2) is 5.71 Å². The van der Waals surface area contributed by atoms with Crippen LogP contribution in [0.2, 0.25) is 0 Å². The van der Waals surface area contributed by atoms with Gasteiger partial charge in [0.05, 0.1) is 12.5 Å². The molecule has 0 N–H and O–H groups in total. The first-order valence-electron chi connectivity index (χ1n) is 11.2. The molecule has 0 atom stereocenters. The van der Waals surface area contributed by atoms with E-state index in [4.69, 9.17) is 9.47 Å². The van der Waals surface area contributed by atoms with Gasteiger partial charge >= 0.3 is 0 Å². The molecule has 164 valence electrons. The number of hydrogen-bond acceptors (Lipinski definition) is 2. The average molecular weight is 443 g/mol. The van der Waals surface area contributed by atoms with Crippen LogP contribution in [0.25, 0.3) is 0 Å². The van der Waals surface area contributed by atoms with Crippen molar-refractivity contribution in [3.05, 3.63) is 169 Å². The number of hydrogen-bond donors (Lipinski definition) is 0. The second-order valence-electron chi connectivity index (χ2n) is 7.68. The van der Waals surface area contributed by atoms with Crippen LogP contribution in [0.3, 0.4) is 0 Å². The number of ether oxygens (including phenoxy) is 2. The first-order chi connectivity index (χ1) is 16.9. The molecule has 3 nitrogen and oxygen atoms in total. The van der Waals surface area contributed by atoms with Gasteiger partial charge in [0, 0.05) is 35.4 Å². The van der Waals surface area contributed by atoms with Crippen LogP contribution in [0.1, 0.15) is 0 Å². The zero-order chi connectivity index (χ0) is 23.0. The predicted molar refractivity (Wildman–Crippen MR) is 140 cm³/mol. The Kier molecular flexibility index (Phi) is 6.45. The molecule has 2 aromatic rings. The van der Waals surface area contributed by atoms with Crippen molar-refractivity contribution in [2.24, 2.45) is 0 Å². The topological polar surface area (TPSA) is 21.5 Å². The molecule has 0 radical (unpaired) electrons. The second kappa shape index (κ2) is 10.3. The molecule has 3 heteroatoms. The summed E-state index contributed by atoms with van der Waals surface area (Å²) in [6.45, 7) is 0. The Balaban J connectivity index is 1.69. The smallest absolute Gasteiger partial charge is 0.226 e. The van der Waals surface area contributed by atoms with Crippen LogP contribution in [0.5, 0.6) is 0 Å². The lowest BCUT2D eigenvalue weighted by molar-refractivity contribution is 0.364. The first kappa shape index (κ1) is 21.2. The Bertz CT molecular complexity index is 1260. The molecule has 0 amide bonds. The summed E-state index contributed by atoms with van der Waals surface area (Å²) < 4.78 is 13.5. The quantitative estimate of drug-likeness (QED) is 0.462. The highest BCUT2D eigenvalue weighted by atomic mass is 16.5. The molecule has 0 bridgehead atoms. The van der Waals surface area contributed by atoms with Gasteiger partial charge in [0.2, 0.25) is 17.1 Å². The molecule has 0 unspecified atom stereocenters. The van der Waals surface area contributed by atoms with Crippen molar-refractivity contribution in [3.8, 4) is 0 Å². The third-order valence-corrected chi connectivity index (χ3v) is 5.40. The summed E-state index contributed by atoms with van der Waals surface area (Å²) in [6, 6.07) is 20.8. The maximum Gasteiger partial charge on any atom is 0.226 e. The van der Waals surface area contributed by atoms with E-state index in [0.29, 0.717) is 0 Å². The van der Waals surface area contributed by atoms with Gasteiger partial charge in [-0.1, -0.05) is 48.6 Å². The standard InChI is InChI=1S/C31H24NO2/c1-3-11-27(12-4-1)32(28-13-5-2-6-14-28)31-25(19-21-29-15-7-9-23-33-29)17-18-26(31)20-22-30-16-8-10-24-34-30/h1-24H/q+1/b25-19+,26-20?,29-21+,30-22?. The highest BCUT2D eigenvalue weighted by molar-refractivity contribution is 6.21. The van der Waals surface area contributed by atoms with Crippen molar-refractivity contribution in [1.82, 2.24) is 4.58 Å². The highest BCUT2D eigenvalue weighted by Gasteiger charge is 2.28. The van der Waals surface area contributed by atoms with Gasteiger partial charge in [0.1, 0.15) is 11.5 Å². The fourth-order valence-electron chi connectivity index (χ4n) is 3.83. The lowest BCUT2D eigenvalue weighted by atomic mass is 10.1. The Labute approximate surface area is 200 Å². The summed E-state index contributed by atoms with van der Waals surface area (Å²) in [5, 5.41) is 0. The Morgan fingerprint density at radius 2 is 0.971 bits per heavy atom. The van der Waals surface area contributed by atoms with Crippen molar-refractivity contribution in [2.45, 2.75) is 0 Å². The summed E-state index contributed by atoms with van der Waals surface area (Å²) in [4.78, 5) is 0. The lowest BCUT2D eigenvalue weighted by Gasteiger charge is -2.09. The largest absolute Gasteiger partial charge is 0.465 e. The number of para-hydroxylation sites is 2. The van der Waals surface area contributed by atoms with Crippen molar-refractivity contribution < 1.29 is 9.47 Å².